The molecule has 0 atom stereocenters. The fraction of sp³-hybridized carbons (Fsp3) is 0.481. The summed E-state index contributed by atoms with van der Waals surface area (Å²) in [7, 11) is 3.68. The van der Waals surface area contributed by atoms with Gasteiger partial charge in [0, 0.05) is 19.3 Å². The van der Waals surface area contributed by atoms with Crippen LogP contribution in [-0.4, -0.2) is 28.0 Å². The molecule has 180 valence electrons. The summed E-state index contributed by atoms with van der Waals surface area (Å²) >= 11 is 5.70. The molecule has 2 aromatic carbocycles. The van der Waals surface area contributed by atoms with Crippen LogP contribution in [-0.2, 0) is 26.7 Å². The van der Waals surface area contributed by atoms with Crippen molar-refractivity contribution < 1.29 is 9.47 Å². The Morgan fingerprint density at radius 2 is 1.76 bits per heavy atom. The molecular weight excluding hydrogens is 444 g/mol. The summed E-state index contributed by atoms with van der Waals surface area (Å²) in [6, 6.07) is 14.9. The summed E-state index contributed by atoms with van der Waals surface area (Å²) in [4.78, 5) is 2.34. The van der Waals surface area contributed by atoms with E-state index in [0.717, 1.165) is 36.7 Å². The van der Waals surface area contributed by atoms with E-state index in [2.05, 4.69) is 41.3 Å². The van der Waals surface area contributed by atoms with Gasteiger partial charge >= 0.3 is 0 Å². The Balaban J connectivity index is 1.25. The highest BCUT2D eigenvalue weighted by molar-refractivity contribution is 7.71. The zero-order valence-electron chi connectivity index (χ0n) is 20.2. The molecule has 0 spiro atoms. The van der Waals surface area contributed by atoms with Crippen LogP contribution < -0.4 is 14.4 Å². The third kappa shape index (κ3) is 4.85. The second-order valence-electron chi connectivity index (χ2n) is 9.45. The molecule has 2 heterocycles. The lowest BCUT2D eigenvalue weighted by Gasteiger charge is -2.31. The first-order chi connectivity index (χ1) is 16.6. The predicted octanol–water partition coefficient (Wildman–Crippen LogP) is 6.00. The largest absolute Gasteiger partial charge is 0.497 e. The molecule has 0 radical (unpaired) electrons. The molecule has 0 saturated heterocycles. The van der Waals surface area contributed by atoms with Gasteiger partial charge in [0.2, 0.25) is 0 Å². The second-order valence-corrected chi connectivity index (χ2v) is 9.82. The van der Waals surface area contributed by atoms with Gasteiger partial charge in [0.1, 0.15) is 24.8 Å². The molecule has 1 aromatic heterocycles. The molecule has 0 unspecified atom stereocenters. The van der Waals surface area contributed by atoms with Gasteiger partial charge in [-0.05, 0) is 85.3 Å². The minimum Gasteiger partial charge on any atom is -0.497 e. The van der Waals surface area contributed by atoms with E-state index < -0.39 is 0 Å². The summed E-state index contributed by atoms with van der Waals surface area (Å²) < 4.78 is 16.0. The third-order valence-corrected chi connectivity index (χ3v) is 7.75. The van der Waals surface area contributed by atoms with Crippen molar-refractivity contribution >= 4 is 17.9 Å². The number of aromatic nitrogens is 3. The number of hydrogen-bond acceptors (Lipinski definition) is 5. The Bertz CT molecular complexity index is 1180. The fourth-order valence-corrected chi connectivity index (χ4v) is 5.46. The van der Waals surface area contributed by atoms with Gasteiger partial charge in [-0.15, -0.1) is 0 Å². The molecule has 7 heteroatoms. The van der Waals surface area contributed by atoms with Crippen LogP contribution in [0.4, 0.5) is 5.69 Å². The van der Waals surface area contributed by atoms with Crippen molar-refractivity contribution in [2.24, 2.45) is 7.05 Å². The van der Waals surface area contributed by atoms with Gasteiger partial charge in [-0.3, -0.25) is 0 Å². The lowest BCUT2D eigenvalue weighted by Crippen LogP contribution is -2.32. The SMILES string of the molecule is COc1ccc2c(c1)CCCN2Cn1nc(COc2ccc(C3CCCCC3)cc2)n(C)c1=S. The quantitative estimate of drug-likeness (QED) is 0.390. The van der Waals surface area contributed by atoms with E-state index in [4.69, 9.17) is 26.8 Å². The maximum absolute atomic E-state index is 6.08. The molecule has 3 aromatic rings. The van der Waals surface area contributed by atoms with Crippen LogP contribution in [0.15, 0.2) is 42.5 Å². The van der Waals surface area contributed by atoms with E-state index >= 15 is 0 Å². The Hall–Kier alpha value is -2.80. The molecule has 1 saturated carbocycles. The van der Waals surface area contributed by atoms with Crippen LogP contribution in [0.5, 0.6) is 11.5 Å². The number of rotatable bonds is 7. The maximum atomic E-state index is 6.08. The highest BCUT2D eigenvalue weighted by atomic mass is 32.1. The van der Waals surface area contributed by atoms with Crippen molar-refractivity contribution in [3.63, 3.8) is 0 Å². The molecule has 2 aliphatic rings. The van der Waals surface area contributed by atoms with Crippen LogP contribution >= 0.6 is 12.2 Å². The third-order valence-electron chi connectivity index (χ3n) is 7.26. The zero-order chi connectivity index (χ0) is 23.5. The van der Waals surface area contributed by atoms with Gasteiger partial charge in [-0.25, -0.2) is 4.68 Å². The van der Waals surface area contributed by atoms with E-state index in [9.17, 15) is 0 Å². The van der Waals surface area contributed by atoms with Gasteiger partial charge in [0.05, 0.1) is 7.11 Å². The van der Waals surface area contributed by atoms with E-state index in [1.165, 1.54) is 48.9 Å². The Morgan fingerprint density at radius 3 is 2.53 bits per heavy atom. The van der Waals surface area contributed by atoms with Gasteiger partial charge in [0.15, 0.2) is 10.6 Å². The first-order valence-corrected chi connectivity index (χ1v) is 12.8. The summed E-state index contributed by atoms with van der Waals surface area (Å²) in [5.41, 5.74) is 3.98. The fourth-order valence-electron chi connectivity index (χ4n) is 5.26. The van der Waals surface area contributed by atoms with Gasteiger partial charge in [-0.1, -0.05) is 31.4 Å². The second kappa shape index (κ2) is 10.2. The number of anilines is 1. The van der Waals surface area contributed by atoms with E-state index in [0.29, 0.717) is 24.0 Å². The van der Waals surface area contributed by atoms with E-state index in [-0.39, 0.29) is 0 Å². The van der Waals surface area contributed by atoms with Crippen molar-refractivity contribution in [1.29, 1.82) is 0 Å². The van der Waals surface area contributed by atoms with Crippen LogP contribution in [0.25, 0.3) is 0 Å². The van der Waals surface area contributed by atoms with E-state index in [1.807, 2.05) is 22.4 Å². The van der Waals surface area contributed by atoms with Crippen LogP contribution in [0, 0.1) is 4.77 Å². The highest BCUT2D eigenvalue weighted by Crippen LogP contribution is 2.33. The van der Waals surface area contributed by atoms with Gasteiger partial charge in [-0.2, -0.15) is 5.10 Å². The van der Waals surface area contributed by atoms with Crippen LogP contribution in [0.2, 0.25) is 0 Å². The summed E-state index contributed by atoms with van der Waals surface area (Å²) in [6.45, 7) is 2.00. The molecule has 0 N–H and O–H groups in total. The lowest BCUT2D eigenvalue weighted by atomic mass is 9.84. The molecular formula is C27H34N4O2S. The highest BCUT2D eigenvalue weighted by Gasteiger charge is 2.20. The molecule has 5 rings (SSSR count). The molecule has 1 aliphatic heterocycles. The summed E-state index contributed by atoms with van der Waals surface area (Å²) in [6.07, 6.45) is 8.87. The standard InChI is InChI=1S/C27H34N4O2S/c1-29-26(18-33-23-12-10-21(11-13-23)20-7-4-3-5-8-20)28-31(27(29)34)19-30-16-6-9-22-17-24(32-2)14-15-25(22)30/h10-15,17,20H,3-9,16,18-19H2,1-2H3. The van der Waals surface area contributed by atoms with Crippen molar-refractivity contribution in [2.75, 3.05) is 18.6 Å². The Kier molecular flexibility index (Phi) is 6.90. The molecule has 1 fully saturated rings. The number of aryl methyl sites for hydroxylation is 1. The van der Waals surface area contributed by atoms with E-state index in [1.54, 1.807) is 7.11 Å². The smallest absolute Gasteiger partial charge is 0.199 e. The molecule has 0 amide bonds. The molecule has 1 aliphatic carbocycles. The minimum absolute atomic E-state index is 0.393. The van der Waals surface area contributed by atoms with Crippen LogP contribution in [0.3, 0.4) is 0 Å². The first-order valence-electron chi connectivity index (χ1n) is 12.4. The number of hydrogen-bond donors (Lipinski definition) is 0. The summed E-state index contributed by atoms with van der Waals surface area (Å²) in [5, 5.41) is 4.80. The minimum atomic E-state index is 0.393. The number of benzene rings is 2. The number of nitrogens with zero attached hydrogens (tertiary/aromatic N) is 4. The number of methoxy groups -OCH3 is 1. The van der Waals surface area contributed by atoms with Gasteiger partial charge < -0.3 is 18.9 Å². The summed E-state index contributed by atoms with van der Waals surface area (Å²) in [5.74, 6) is 3.31. The topological polar surface area (TPSA) is 44.4 Å². The average Bonchev–Trinajstić information content (AvgIpc) is 3.16. The van der Waals surface area contributed by atoms with Gasteiger partial charge in [0.25, 0.3) is 0 Å². The molecule has 34 heavy (non-hydrogen) atoms. The maximum Gasteiger partial charge on any atom is 0.199 e. The number of ether oxygens (including phenoxy) is 2. The monoisotopic (exact) mass is 478 g/mol. The number of fused-ring (bicyclic) bond motifs is 1. The Labute approximate surface area is 207 Å². The van der Waals surface area contributed by atoms with Crippen molar-refractivity contribution in [1.82, 2.24) is 14.3 Å². The van der Waals surface area contributed by atoms with Crippen LogP contribution in [0.1, 0.15) is 61.4 Å². The van der Waals surface area contributed by atoms with Crippen molar-refractivity contribution in [2.45, 2.75) is 64.1 Å². The lowest BCUT2D eigenvalue weighted by molar-refractivity contribution is 0.290. The molecule has 0 bridgehead atoms. The molecule has 6 nitrogen and oxygen atoms in total. The Morgan fingerprint density at radius 1 is 1.00 bits per heavy atom. The predicted molar refractivity (Wildman–Crippen MR) is 137 cm³/mol. The zero-order valence-corrected chi connectivity index (χ0v) is 21.0. The average molecular weight is 479 g/mol. The van der Waals surface area contributed by atoms with Crippen molar-refractivity contribution in [3.8, 4) is 11.5 Å². The van der Waals surface area contributed by atoms with Crippen molar-refractivity contribution in [3.05, 3.63) is 64.2 Å². The first kappa shape index (κ1) is 23.0. The normalized spacial score (nSPS) is 16.4.